The Morgan fingerprint density at radius 1 is 1.35 bits per heavy atom. The normalized spacial score (nSPS) is 12.1. The maximum absolute atomic E-state index is 13.5. The molecule has 3 aromatic rings. The average molecular weight is 355 g/mol. The summed E-state index contributed by atoms with van der Waals surface area (Å²) in [6.07, 6.45) is 2.98. The van der Waals surface area contributed by atoms with Crippen molar-refractivity contribution < 1.29 is 13.9 Å². The molecule has 1 amide bonds. The Labute approximate surface area is 149 Å². The van der Waals surface area contributed by atoms with Crippen LogP contribution in [0.2, 0.25) is 0 Å². The Morgan fingerprint density at radius 3 is 2.85 bits per heavy atom. The van der Waals surface area contributed by atoms with Crippen LogP contribution in [0.3, 0.4) is 0 Å². The molecular weight excluding hydrogens is 337 g/mol. The van der Waals surface area contributed by atoms with E-state index in [-0.39, 0.29) is 17.6 Å². The molecule has 0 bridgehead atoms. The minimum atomic E-state index is -0.535. The zero-order chi connectivity index (χ0) is 18.7. The van der Waals surface area contributed by atoms with E-state index in [0.717, 1.165) is 6.07 Å². The first kappa shape index (κ1) is 17.8. The van der Waals surface area contributed by atoms with E-state index in [1.54, 1.807) is 25.4 Å². The van der Waals surface area contributed by atoms with Crippen LogP contribution in [-0.2, 0) is 4.74 Å². The molecule has 1 aromatic carbocycles. The molecular formula is C19H18FN3O3. The fraction of sp³-hybridized carbons (Fsp3) is 0.211. The highest BCUT2D eigenvalue weighted by Crippen LogP contribution is 2.20. The van der Waals surface area contributed by atoms with Crippen molar-refractivity contribution in [1.29, 1.82) is 0 Å². The van der Waals surface area contributed by atoms with Gasteiger partial charge in [-0.1, -0.05) is 6.07 Å². The molecule has 1 N–H and O–H groups in total. The molecule has 0 saturated heterocycles. The molecule has 2 aromatic heterocycles. The van der Waals surface area contributed by atoms with E-state index in [2.05, 4.69) is 9.97 Å². The molecule has 0 fully saturated rings. The molecule has 0 aliphatic rings. The Hall–Kier alpha value is -3.06. The Balaban J connectivity index is 2.01. The minimum Gasteiger partial charge on any atom is -0.382 e. The van der Waals surface area contributed by atoms with E-state index in [4.69, 9.17) is 4.74 Å². The number of hydrogen-bond acceptors (Lipinski definition) is 4. The Morgan fingerprint density at radius 2 is 2.15 bits per heavy atom. The number of fused-ring (bicyclic) bond motifs is 1. The number of carbonyl (C=O) groups excluding carboxylic acids is 1. The Kier molecular flexibility index (Phi) is 5.09. The van der Waals surface area contributed by atoms with Gasteiger partial charge in [0.1, 0.15) is 11.4 Å². The third-order valence-corrected chi connectivity index (χ3v) is 4.21. The van der Waals surface area contributed by atoms with Crippen LogP contribution in [0.5, 0.6) is 0 Å². The summed E-state index contributed by atoms with van der Waals surface area (Å²) in [6, 6.07) is 8.75. The molecule has 7 heteroatoms. The van der Waals surface area contributed by atoms with E-state index >= 15 is 0 Å². The van der Waals surface area contributed by atoms with Gasteiger partial charge in [-0.05, 0) is 30.3 Å². The van der Waals surface area contributed by atoms with Crippen molar-refractivity contribution in [2.45, 2.75) is 6.04 Å². The van der Waals surface area contributed by atoms with Crippen LogP contribution in [0.15, 0.2) is 53.6 Å². The summed E-state index contributed by atoms with van der Waals surface area (Å²) in [7, 11) is 3.11. The molecule has 0 saturated carbocycles. The molecule has 26 heavy (non-hydrogen) atoms. The number of benzene rings is 1. The summed E-state index contributed by atoms with van der Waals surface area (Å²) < 4.78 is 18.7. The smallest absolute Gasteiger partial charge is 0.259 e. The predicted molar refractivity (Wildman–Crippen MR) is 95.5 cm³/mol. The number of halogens is 1. The van der Waals surface area contributed by atoms with Crippen LogP contribution < -0.4 is 5.43 Å². The van der Waals surface area contributed by atoms with E-state index in [1.807, 2.05) is 6.07 Å². The zero-order valence-electron chi connectivity index (χ0n) is 14.4. The highest BCUT2D eigenvalue weighted by molar-refractivity contribution is 5.97. The molecule has 2 heterocycles. The number of likely N-dealkylation sites (N-methyl/N-ethyl adjacent to an activating group) is 1. The first-order valence-electron chi connectivity index (χ1n) is 8.01. The van der Waals surface area contributed by atoms with Crippen molar-refractivity contribution in [1.82, 2.24) is 14.9 Å². The lowest BCUT2D eigenvalue weighted by molar-refractivity contribution is 0.0593. The monoisotopic (exact) mass is 355 g/mol. The number of H-pyrrole nitrogens is 1. The van der Waals surface area contributed by atoms with Crippen LogP contribution >= 0.6 is 0 Å². The van der Waals surface area contributed by atoms with Crippen LogP contribution in [0.25, 0.3) is 10.9 Å². The van der Waals surface area contributed by atoms with Gasteiger partial charge in [0.2, 0.25) is 5.43 Å². The van der Waals surface area contributed by atoms with Gasteiger partial charge in [-0.2, -0.15) is 0 Å². The first-order valence-corrected chi connectivity index (χ1v) is 8.01. The molecule has 0 spiro atoms. The van der Waals surface area contributed by atoms with Crippen LogP contribution in [0.1, 0.15) is 22.1 Å². The molecule has 0 aliphatic heterocycles. The number of aromatic amines is 1. The minimum absolute atomic E-state index is 0.0670. The van der Waals surface area contributed by atoms with E-state index in [1.165, 1.54) is 30.3 Å². The van der Waals surface area contributed by atoms with Crippen LogP contribution in [0, 0.1) is 5.82 Å². The summed E-state index contributed by atoms with van der Waals surface area (Å²) >= 11 is 0. The zero-order valence-corrected chi connectivity index (χ0v) is 14.4. The number of methoxy groups -OCH3 is 1. The maximum atomic E-state index is 13.5. The number of aromatic nitrogens is 2. The fourth-order valence-electron chi connectivity index (χ4n) is 2.81. The van der Waals surface area contributed by atoms with Gasteiger partial charge >= 0.3 is 0 Å². The van der Waals surface area contributed by atoms with Gasteiger partial charge in [0.15, 0.2) is 0 Å². The number of rotatable bonds is 5. The second-order valence-electron chi connectivity index (χ2n) is 5.86. The SMILES string of the molecule is COCC(c1ccccn1)N(C)C(=O)c1c[nH]c2ccc(F)cc2c1=O. The van der Waals surface area contributed by atoms with Crippen LogP contribution in [-0.4, -0.2) is 41.5 Å². The van der Waals surface area contributed by atoms with Gasteiger partial charge in [-0.25, -0.2) is 4.39 Å². The van der Waals surface area contributed by atoms with E-state index in [9.17, 15) is 14.0 Å². The number of nitrogens with one attached hydrogen (secondary N) is 1. The summed E-state index contributed by atoms with van der Waals surface area (Å²) in [6.45, 7) is 0.222. The number of pyridine rings is 2. The van der Waals surface area contributed by atoms with Crippen molar-refractivity contribution in [2.24, 2.45) is 0 Å². The third kappa shape index (κ3) is 3.34. The van der Waals surface area contributed by atoms with Crippen molar-refractivity contribution in [3.8, 4) is 0 Å². The van der Waals surface area contributed by atoms with E-state index < -0.39 is 23.2 Å². The summed E-state index contributed by atoms with van der Waals surface area (Å²) in [5.41, 5.74) is 0.525. The number of amides is 1. The standard InChI is InChI=1S/C19H18FN3O3/c1-23(17(11-26-2)16-5-3-4-8-21-16)19(25)14-10-22-15-7-6-12(20)9-13(15)18(14)24/h3-10,17H,11H2,1-2H3,(H,22,24). The number of carbonyl (C=O) groups is 1. The molecule has 1 unspecified atom stereocenters. The van der Waals surface area contributed by atoms with Crippen molar-refractivity contribution >= 4 is 16.8 Å². The largest absolute Gasteiger partial charge is 0.382 e. The predicted octanol–water partition coefficient (Wildman–Crippen LogP) is 2.52. The fourth-order valence-corrected chi connectivity index (χ4v) is 2.81. The van der Waals surface area contributed by atoms with Gasteiger partial charge in [0.25, 0.3) is 5.91 Å². The van der Waals surface area contributed by atoms with E-state index in [0.29, 0.717) is 11.2 Å². The molecule has 0 aliphatic carbocycles. The van der Waals surface area contributed by atoms with Crippen molar-refractivity contribution in [3.05, 3.63) is 76.1 Å². The van der Waals surface area contributed by atoms with Crippen molar-refractivity contribution in [2.75, 3.05) is 20.8 Å². The lowest BCUT2D eigenvalue weighted by Crippen LogP contribution is -2.36. The molecule has 1 atom stereocenters. The topological polar surface area (TPSA) is 75.3 Å². The lowest BCUT2D eigenvalue weighted by Gasteiger charge is -2.27. The average Bonchev–Trinajstić information content (AvgIpc) is 2.66. The van der Waals surface area contributed by atoms with Gasteiger partial charge in [0.05, 0.1) is 18.3 Å². The number of ether oxygens (including phenoxy) is 1. The summed E-state index contributed by atoms with van der Waals surface area (Å²) in [5, 5.41) is 0.130. The first-order chi connectivity index (χ1) is 12.5. The van der Waals surface area contributed by atoms with Gasteiger partial charge in [-0.15, -0.1) is 0 Å². The highest BCUT2D eigenvalue weighted by Gasteiger charge is 2.26. The quantitative estimate of drug-likeness (QED) is 0.763. The van der Waals surface area contributed by atoms with Gasteiger partial charge in [0, 0.05) is 37.5 Å². The lowest BCUT2D eigenvalue weighted by atomic mass is 10.1. The number of nitrogens with zero attached hydrogens (tertiary/aromatic N) is 2. The van der Waals surface area contributed by atoms with Gasteiger partial charge in [-0.3, -0.25) is 14.6 Å². The highest BCUT2D eigenvalue weighted by atomic mass is 19.1. The second kappa shape index (κ2) is 7.45. The van der Waals surface area contributed by atoms with Crippen LogP contribution in [0.4, 0.5) is 4.39 Å². The second-order valence-corrected chi connectivity index (χ2v) is 5.86. The summed E-state index contributed by atoms with van der Waals surface area (Å²) in [5.74, 6) is -1.03. The molecule has 6 nitrogen and oxygen atoms in total. The number of hydrogen-bond donors (Lipinski definition) is 1. The third-order valence-electron chi connectivity index (χ3n) is 4.21. The molecule has 0 radical (unpaired) electrons. The molecule has 134 valence electrons. The summed E-state index contributed by atoms with van der Waals surface area (Å²) in [4.78, 5) is 34.1. The molecule has 3 rings (SSSR count). The Bertz CT molecular complexity index is 988. The maximum Gasteiger partial charge on any atom is 0.259 e. The van der Waals surface area contributed by atoms with Gasteiger partial charge < -0.3 is 14.6 Å². The van der Waals surface area contributed by atoms with Crippen molar-refractivity contribution in [3.63, 3.8) is 0 Å².